The van der Waals surface area contributed by atoms with E-state index in [2.05, 4.69) is 20.0 Å². The highest BCUT2D eigenvalue weighted by Gasteiger charge is 2.26. The van der Waals surface area contributed by atoms with E-state index < -0.39 is 20.0 Å². The smallest absolute Gasteiger partial charge is 0.263 e. The van der Waals surface area contributed by atoms with Crippen LogP contribution in [0.15, 0.2) is 82.6 Å². The molecule has 5 rings (SSSR count). The van der Waals surface area contributed by atoms with Gasteiger partial charge in [0, 0.05) is 18.8 Å². The molecule has 1 aliphatic rings. The quantitative estimate of drug-likeness (QED) is 0.352. The molecule has 192 valence electrons. The number of nitrogens with one attached hydrogen (secondary N) is 2. The zero-order valence-electron chi connectivity index (χ0n) is 20.3. The zero-order valence-corrected chi connectivity index (χ0v) is 21.9. The van der Waals surface area contributed by atoms with Gasteiger partial charge in [0.05, 0.1) is 20.8 Å². The molecule has 4 aromatic rings. The second kappa shape index (κ2) is 10.1. The Morgan fingerprint density at radius 3 is 1.97 bits per heavy atom. The van der Waals surface area contributed by atoms with E-state index >= 15 is 0 Å². The maximum atomic E-state index is 13.2. The van der Waals surface area contributed by atoms with Gasteiger partial charge in [-0.15, -0.1) is 0 Å². The molecule has 0 spiro atoms. The standard InChI is InChI=1S/C26H27N5O4S2/c1-19-9-3-6-12-24(19)36(32,33)30-26-25(28-22-10-4-5-11-23(22)29-26)27-20-13-15-21(16-14-20)37(34,35)31-17-7-2-8-18-31/h3-6,9-16H,2,7-8,17-18H2,1H3,(H,27,28)(H,29,30). The molecule has 37 heavy (non-hydrogen) atoms. The van der Waals surface area contributed by atoms with Crippen LogP contribution in [0.5, 0.6) is 0 Å². The van der Waals surface area contributed by atoms with Crippen LogP contribution in [0, 0.1) is 6.92 Å². The molecule has 0 amide bonds. The number of aryl methyl sites for hydroxylation is 1. The van der Waals surface area contributed by atoms with Crippen molar-refractivity contribution in [3.05, 3.63) is 78.4 Å². The molecule has 9 nitrogen and oxygen atoms in total. The topological polar surface area (TPSA) is 121 Å². The predicted octanol–water partition coefficient (Wildman–Crippen LogP) is 4.66. The Morgan fingerprint density at radius 1 is 0.730 bits per heavy atom. The summed E-state index contributed by atoms with van der Waals surface area (Å²) in [5, 5.41) is 3.10. The Balaban J connectivity index is 1.47. The van der Waals surface area contributed by atoms with Gasteiger partial charge in [0.1, 0.15) is 0 Å². The van der Waals surface area contributed by atoms with E-state index in [1.807, 2.05) is 6.07 Å². The van der Waals surface area contributed by atoms with Crippen LogP contribution in [-0.2, 0) is 20.0 Å². The molecular weight excluding hydrogens is 510 g/mol. The molecule has 0 aliphatic carbocycles. The molecule has 0 atom stereocenters. The van der Waals surface area contributed by atoms with Gasteiger partial charge in [-0.2, -0.15) is 4.31 Å². The first-order chi connectivity index (χ1) is 17.7. The normalized spacial score (nSPS) is 14.9. The summed E-state index contributed by atoms with van der Waals surface area (Å²) >= 11 is 0. The summed E-state index contributed by atoms with van der Waals surface area (Å²) in [6.07, 6.45) is 2.76. The summed E-state index contributed by atoms with van der Waals surface area (Å²) in [6.45, 7) is 2.78. The van der Waals surface area contributed by atoms with Crippen molar-refractivity contribution < 1.29 is 16.8 Å². The lowest BCUT2D eigenvalue weighted by Gasteiger charge is -2.25. The molecule has 2 heterocycles. The largest absolute Gasteiger partial charge is 0.337 e. The van der Waals surface area contributed by atoms with Gasteiger partial charge in [-0.05, 0) is 67.8 Å². The van der Waals surface area contributed by atoms with Crippen molar-refractivity contribution in [3.8, 4) is 0 Å². The summed E-state index contributed by atoms with van der Waals surface area (Å²) in [6, 6.07) is 20.2. The molecule has 1 saturated heterocycles. The number of hydrogen-bond donors (Lipinski definition) is 2. The maximum absolute atomic E-state index is 13.2. The number of hydrogen-bond acceptors (Lipinski definition) is 7. The van der Waals surface area contributed by atoms with E-state index in [0.717, 1.165) is 19.3 Å². The van der Waals surface area contributed by atoms with E-state index in [4.69, 9.17) is 0 Å². The number of piperidine rings is 1. The number of fused-ring (bicyclic) bond motifs is 1. The molecule has 0 bridgehead atoms. The van der Waals surface area contributed by atoms with Crippen LogP contribution in [0.2, 0.25) is 0 Å². The minimum Gasteiger partial charge on any atom is -0.337 e. The number of aromatic nitrogens is 2. The summed E-state index contributed by atoms with van der Waals surface area (Å²) in [4.78, 5) is 9.45. The van der Waals surface area contributed by atoms with E-state index in [9.17, 15) is 16.8 Å². The first-order valence-corrected chi connectivity index (χ1v) is 14.9. The molecule has 0 radical (unpaired) electrons. The van der Waals surface area contributed by atoms with E-state index in [0.29, 0.717) is 35.4 Å². The second-order valence-corrected chi connectivity index (χ2v) is 12.5. The second-order valence-electron chi connectivity index (χ2n) is 8.89. The van der Waals surface area contributed by atoms with Crippen LogP contribution in [-0.4, -0.2) is 44.2 Å². The molecule has 2 N–H and O–H groups in total. The Hall–Kier alpha value is -3.54. The third kappa shape index (κ3) is 5.29. The molecule has 1 fully saturated rings. The molecule has 1 aromatic heterocycles. The summed E-state index contributed by atoms with van der Waals surface area (Å²) in [5.74, 6) is 0.231. The van der Waals surface area contributed by atoms with Gasteiger partial charge in [0.15, 0.2) is 11.6 Å². The highest BCUT2D eigenvalue weighted by Crippen LogP contribution is 2.29. The van der Waals surface area contributed by atoms with E-state index in [1.54, 1.807) is 55.5 Å². The lowest BCUT2D eigenvalue weighted by atomic mass is 10.2. The first kappa shape index (κ1) is 25.1. The molecule has 11 heteroatoms. The highest BCUT2D eigenvalue weighted by atomic mass is 32.2. The number of sulfonamides is 2. The number of rotatable bonds is 7. The van der Waals surface area contributed by atoms with Crippen molar-refractivity contribution in [1.29, 1.82) is 0 Å². The fourth-order valence-electron chi connectivity index (χ4n) is 4.30. The van der Waals surface area contributed by atoms with Crippen molar-refractivity contribution in [2.24, 2.45) is 0 Å². The van der Waals surface area contributed by atoms with Gasteiger partial charge >= 0.3 is 0 Å². The lowest BCUT2D eigenvalue weighted by molar-refractivity contribution is 0.346. The zero-order chi connectivity index (χ0) is 26.0. The molecule has 0 unspecified atom stereocenters. The summed E-state index contributed by atoms with van der Waals surface area (Å²) in [5.41, 5.74) is 2.24. The molecule has 1 aliphatic heterocycles. The SMILES string of the molecule is Cc1ccccc1S(=O)(=O)Nc1nc2ccccc2nc1Nc1ccc(S(=O)(=O)N2CCCCC2)cc1. The van der Waals surface area contributed by atoms with Gasteiger partial charge in [-0.3, -0.25) is 4.72 Å². The van der Waals surface area contributed by atoms with Crippen molar-refractivity contribution in [1.82, 2.24) is 14.3 Å². The number of para-hydroxylation sites is 2. The minimum absolute atomic E-state index is 0.0342. The summed E-state index contributed by atoms with van der Waals surface area (Å²) in [7, 11) is -7.50. The third-order valence-electron chi connectivity index (χ3n) is 6.25. The Morgan fingerprint density at radius 2 is 1.32 bits per heavy atom. The average Bonchev–Trinajstić information content (AvgIpc) is 2.90. The van der Waals surface area contributed by atoms with Gasteiger partial charge in [0.25, 0.3) is 10.0 Å². The van der Waals surface area contributed by atoms with Gasteiger partial charge in [0.2, 0.25) is 10.0 Å². The van der Waals surface area contributed by atoms with Gasteiger partial charge < -0.3 is 5.32 Å². The number of anilines is 3. The maximum Gasteiger partial charge on any atom is 0.263 e. The lowest BCUT2D eigenvalue weighted by Crippen LogP contribution is -2.35. The predicted molar refractivity (Wildman–Crippen MR) is 144 cm³/mol. The van der Waals surface area contributed by atoms with Gasteiger partial charge in [-0.1, -0.05) is 36.8 Å². The van der Waals surface area contributed by atoms with Crippen LogP contribution < -0.4 is 10.0 Å². The fraction of sp³-hybridized carbons (Fsp3) is 0.231. The van der Waals surface area contributed by atoms with E-state index in [-0.39, 0.29) is 21.4 Å². The van der Waals surface area contributed by atoms with Crippen molar-refractivity contribution in [2.45, 2.75) is 36.0 Å². The monoisotopic (exact) mass is 537 g/mol. The van der Waals surface area contributed by atoms with Crippen LogP contribution in [0.3, 0.4) is 0 Å². The highest BCUT2D eigenvalue weighted by molar-refractivity contribution is 7.92. The van der Waals surface area contributed by atoms with Crippen LogP contribution in [0.1, 0.15) is 24.8 Å². The van der Waals surface area contributed by atoms with Crippen molar-refractivity contribution in [2.75, 3.05) is 23.1 Å². The Kier molecular flexibility index (Phi) is 6.84. The van der Waals surface area contributed by atoms with Crippen molar-refractivity contribution in [3.63, 3.8) is 0 Å². The molecule has 0 saturated carbocycles. The Bertz CT molecular complexity index is 1650. The van der Waals surface area contributed by atoms with Crippen molar-refractivity contribution >= 4 is 48.4 Å². The summed E-state index contributed by atoms with van der Waals surface area (Å²) < 4.78 is 56.4. The van der Waals surface area contributed by atoms with E-state index in [1.165, 1.54) is 22.5 Å². The van der Waals surface area contributed by atoms with Crippen LogP contribution >= 0.6 is 0 Å². The molecule has 3 aromatic carbocycles. The first-order valence-electron chi connectivity index (χ1n) is 12.0. The fourth-order valence-corrected chi connectivity index (χ4v) is 7.07. The molecular formula is C26H27N5O4S2. The van der Waals surface area contributed by atoms with Crippen LogP contribution in [0.4, 0.5) is 17.3 Å². The number of nitrogens with zero attached hydrogens (tertiary/aromatic N) is 3. The Labute approximate surface area is 216 Å². The third-order valence-corrected chi connectivity index (χ3v) is 9.67. The minimum atomic E-state index is -3.94. The van der Waals surface area contributed by atoms with Crippen LogP contribution in [0.25, 0.3) is 11.0 Å². The average molecular weight is 538 g/mol. The van der Waals surface area contributed by atoms with Gasteiger partial charge in [-0.25, -0.2) is 26.8 Å². The number of benzene rings is 3.